The second-order valence-corrected chi connectivity index (χ2v) is 18.2. The maximum atomic E-state index is 14.7. The number of rotatable bonds is 8. The Morgan fingerprint density at radius 1 is 1.02 bits per heavy atom. The number of nitrogens with zero attached hydrogens (tertiary/aromatic N) is 4. The number of sulfonamides is 1. The van der Waals surface area contributed by atoms with Gasteiger partial charge in [0.25, 0.3) is 11.8 Å². The van der Waals surface area contributed by atoms with Gasteiger partial charge in [-0.15, -0.1) is 0 Å². The summed E-state index contributed by atoms with van der Waals surface area (Å²) in [7, 11) is -2.16. The number of nitrogens with one attached hydrogen (secondary N) is 1. The van der Waals surface area contributed by atoms with E-state index in [0.717, 1.165) is 77.6 Å². The van der Waals surface area contributed by atoms with Crippen LogP contribution in [-0.2, 0) is 26.0 Å². The summed E-state index contributed by atoms with van der Waals surface area (Å²) in [6, 6.07) is 5.82. The first kappa shape index (κ1) is 36.6. The topological polar surface area (TPSA) is 125 Å². The molecule has 3 aliphatic carbocycles. The molecule has 3 fully saturated rings. The number of hydrogen-bond donors (Lipinski definition) is 1. The molecule has 12 heteroatoms. The van der Waals surface area contributed by atoms with Crippen molar-refractivity contribution in [2.75, 3.05) is 20.2 Å². The summed E-state index contributed by atoms with van der Waals surface area (Å²) in [6.45, 7) is 8.55. The summed E-state index contributed by atoms with van der Waals surface area (Å²) in [6.07, 6.45) is 18.4. The number of benzene rings is 1. The van der Waals surface area contributed by atoms with E-state index < -0.39 is 21.2 Å². The number of imidazole rings is 1. The minimum absolute atomic E-state index is 0.0381. The van der Waals surface area contributed by atoms with E-state index in [0.29, 0.717) is 43.4 Å². The van der Waals surface area contributed by atoms with E-state index in [-0.39, 0.29) is 29.7 Å². The van der Waals surface area contributed by atoms with Crippen molar-refractivity contribution in [3.05, 3.63) is 88.4 Å². The SMILES string of the molecule is COC1=CCC2=C(C=C1)c1c(C3CCCCC3)c3ccc(C(=O)NS(=O)(=O)C(C)C)cc3n1CC(c1ncn(C3CC3)c1C(=O)N1C[C@@H](C)O[C@@H](C)C1)=C2. The third-order valence-corrected chi connectivity index (χ3v) is 13.3. The second-order valence-electron chi connectivity index (χ2n) is 15.9. The molecule has 2 amide bonds. The van der Waals surface area contributed by atoms with Crippen molar-refractivity contribution in [3.63, 3.8) is 0 Å². The van der Waals surface area contributed by atoms with Crippen molar-refractivity contribution in [2.24, 2.45) is 0 Å². The molecule has 2 atom stereocenters. The number of carbonyl (C=O) groups is 2. The lowest BCUT2D eigenvalue weighted by molar-refractivity contribution is -0.0588. The number of ether oxygens (including phenoxy) is 2. The molecule has 11 nitrogen and oxygen atoms in total. The average molecular weight is 754 g/mol. The minimum Gasteiger partial charge on any atom is -0.497 e. The van der Waals surface area contributed by atoms with Crippen molar-refractivity contribution in [1.29, 1.82) is 0 Å². The molecule has 54 heavy (non-hydrogen) atoms. The highest BCUT2D eigenvalue weighted by Crippen LogP contribution is 2.47. The number of carbonyl (C=O) groups excluding carboxylic acids is 2. The standard InChI is InChI=1S/C42H51N5O6S/c1-25(2)54(50,51)44-41(48)30-12-17-35-36(20-30)46-23-31(38-40(47(24-43-38)32-13-14-32)42(49)45-21-26(3)53-27(4)22-45)19-29-11-15-33(52-5)16-18-34(29)39(46)37(35)28-9-7-6-8-10-28/h12,15-20,24-28,32H,6-11,13-14,21-23H2,1-5H3,(H,44,48)/t26-,27+. The Morgan fingerprint density at radius 2 is 1.76 bits per heavy atom. The zero-order valence-electron chi connectivity index (χ0n) is 31.9. The smallest absolute Gasteiger partial charge is 0.272 e. The van der Waals surface area contributed by atoms with Crippen LogP contribution < -0.4 is 4.72 Å². The van der Waals surface area contributed by atoms with Crippen LogP contribution in [0.15, 0.2) is 60.2 Å². The van der Waals surface area contributed by atoms with E-state index in [1.165, 1.54) is 12.0 Å². The summed E-state index contributed by atoms with van der Waals surface area (Å²) in [5, 5.41) is 0.302. The molecule has 0 bridgehead atoms. The first-order valence-electron chi connectivity index (χ1n) is 19.5. The van der Waals surface area contributed by atoms with Crippen molar-refractivity contribution in [2.45, 2.75) is 115 Å². The number of fused-ring (bicyclic) bond motifs is 4. The van der Waals surface area contributed by atoms with Gasteiger partial charge >= 0.3 is 0 Å². The fourth-order valence-corrected chi connectivity index (χ4v) is 9.38. The van der Waals surface area contributed by atoms with Gasteiger partial charge in [-0.05, 0) is 107 Å². The van der Waals surface area contributed by atoms with Gasteiger partial charge in [-0.2, -0.15) is 0 Å². The molecule has 2 aromatic heterocycles. The maximum Gasteiger partial charge on any atom is 0.272 e. The van der Waals surface area contributed by atoms with Gasteiger partial charge in [0.2, 0.25) is 10.0 Å². The first-order valence-corrected chi connectivity index (χ1v) is 21.1. The lowest BCUT2D eigenvalue weighted by atomic mass is 9.81. The summed E-state index contributed by atoms with van der Waals surface area (Å²) < 4.78 is 43.9. The Bertz CT molecular complexity index is 2240. The van der Waals surface area contributed by atoms with Gasteiger partial charge < -0.3 is 23.5 Å². The fraction of sp³-hybridized carbons (Fsp3) is 0.500. The van der Waals surface area contributed by atoms with Gasteiger partial charge in [0.1, 0.15) is 11.5 Å². The Labute approximate surface area is 317 Å². The number of methoxy groups -OCH3 is 1. The Kier molecular flexibility index (Phi) is 9.71. The number of aromatic nitrogens is 3. The predicted molar refractivity (Wildman–Crippen MR) is 209 cm³/mol. The molecule has 4 heterocycles. The highest BCUT2D eigenvalue weighted by Gasteiger charge is 2.37. The molecule has 2 aliphatic heterocycles. The number of hydrogen-bond acceptors (Lipinski definition) is 7. The van der Waals surface area contributed by atoms with Gasteiger partial charge in [-0.25, -0.2) is 18.1 Å². The van der Waals surface area contributed by atoms with Crippen LogP contribution in [-0.4, -0.2) is 76.9 Å². The molecule has 1 N–H and O–H groups in total. The van der Waals surface area contributed by atoms with Crippen molar-refractivity contribution >= 4 is 43.9 Å². The van der Waals surface area contributed by atoms with Crippen LogP contribution in [0.4, 0.5) is 0 Å². The van der Waals surface area contributed by atoms with Crippen LogP contribution in [0.5, 0.6) is 0 Å². The lowest BCUT2D eigenvalue weighted by Gasteiger charge is -2.35. The van der Waals surface area contributed by atoms with E-state index in [9.17, 15) is 18.0 Å². The highest BCUT2D eigenvalue weighted by molar-refractivity contribution is 7.90. The summed E-state index contributed by atoms with van der Waals surface area (Å²) in [5.41, 5.74) is 7.83. The third kappa shape index (κ3) is 6.76. The zero-order valence-corrected chi connectivity index (χ0v) is 32.7. The third-order valence-electron chi connectivity index (χ3n) is 11.6. The van der Waals surface area contributed by atoms with E-state index >= 15 is 0 Å². The molecule has 0 unspecified atom stereocenters. The number of allylic oxidation sites excluding steroid dienone is 7. The monoisotopic (exact) mass is 753 g/mol. The van der Waals surface area contributed by atoms with E-state index in [2.05, 4.69) is 32.1 Å². The van der Waals surface area contributed by atoms with Crippen LogP contribution in [0.2, 0.25) is 0 Å². The fourth-order valence-electron chi connectivity index (χ4n) is 8.76. The van der Waals surface area contributed by atoms with Crippen LogP contribution in [0.25, 0.3) is 22.0 Å². The molecule has 1 saturated heterocycles. The van der Waals surface area contributed by atoms with Gasteiger partial charge in [0, 0.05) is 46.7 Å². The largest absolute Gasteiger partial charge is 0.497 e. The predicted octanol–water partition coefficient (Wildman–Crippen LogP) is 7.28. The maximum absolute atomic E-state index is 14.7. The molecule has 3 aromatic rings. The average Bonchev–Trinajstić information content (AvgIpc) is 3.89. The van der Waals surface area contributed by atoms with Crippen molar-refractivity contribution < 1.29 is 27.5 Å². The normalized spacial score (nSPS) is 22.4. The Balaban J connectivity index is 1.33. The molecule has 0 radical (unpaired) electrons. The van der Waals surface area contributed by atoms with Gasteiger partial charge in [0.15, 0.2) is 0 Å². The summed E-state index contributed by atoms with van der Waals surface area (Å²) >= 11 is 0. The lowest BCUT2D eigenvalue weighted by Crippen LogP contribution is -2.48. The molecule has 286 valence electrons. The van der Waals surface area contributed by atoms with Crippen molar-refractivity contribution in [1.82, 2.24) is 23.7 Å². The number of amides is 2. The van der Waals surface area contributed by atoms with Crippen molar-refractivity contribution in [3.8, 4) is 0 Å². The highest BCUT2D eigenvalue weighted by atomic mass is 32.2. The molecule has 5 aliphatic rings. The van der Waals surface area contributed by atoms with Crippen LogP contribution in [0.3, 0.4) is 0 Å². The molecule has 1 aromatic carbocycles. The molecular formula is C42H51N5O6S. The van der Waals surface area contributed by atoms with Gasteiger partial charge in [-0.1, -0.05) is 31.4 Å². The van der Waals surface area contributed by atoms with Crippen LogP contribution >= 0.6 is 0 Å². The van der Waals surface area contributed by atoms with Crippen LogP contribution in [0, 0.1) is 0 Å². The van der Waals surface area contributed by atoms with Gasteiger partial charge in [-0.3, -0.25) is 9.59 Å². The zero-order chi connectivity index (χ0) is 37.9. The molecular weight excluding hydrogens is 703 g/mol. The Morgan fingerprint density at radius 3 is 2.44 bits per heavy atom. The summed E-state index contributed by atoms with van der Waals surface area (Å²) in [4.78, 5) is 35.2. The van der Waals surface area contributed by atoms with E-state index in [1.807, 2.05) is 43.3 Å². The molecule has 2 saturated carbocycles. The molecule has 0 spiro atoms. The molecule has 8 rings (SSSR count). The van der Waals surface area contributed by atoms with Crippen LogP contribution in [0.1, 0.15) is 129 Å². The van der Waals surface area contributed by atoms with E-state index in [1.54, 1.807) is 27.0 Å². The quantitative estimate of drug-likeness (QED) is 0.257. The minimum atomic E-state index is -3.84. The van der Waals surface area contributed by atoms with E-state index in [4.69, 9.17) is 14.5 Å². The Hall–Kier alpha value is -4.42. The first-order chi connectivity index (χ1) is 25.9. The van der Waals surface area contributed by atoms with Gasteiger partial charge in [0.05, 0.1) is 48.8 Å². The second kappa shape index (κ2) is 14.3. The number of morpholine rings is 1. The summed E-state index contributed by atoms with van der Waals surface area (Å²) in [5.74, 6) is 0.397.